The fraction of sp³-hybridized carbons (Fsp3) is 0.867. The van der Waals surface area contributed by atoms with E-state index < -0.39 is 23.7 Å². The molecule has 1 aliphatic rings. The van der Waals surface area contributed by atoms with Gasteiger partial charge < -0.3 is 9.84 Å². The first-order chi connectivity index (χ1) is 9.20. The Hall–Kier alpha value is -1.10. The Kier molecular flexibility index (Phi) is 5.99. The zero-order valence-corrected chi connectivity index (χ0v) is 12.9. The largest absolute Gasteiger partial charge is 0.480 e. The summed E-state index contributed by atoms with van der Waals surface area (Å²) in [6.45, 7) is 7.03. The highest BCUT2D eigenvalue weighted by Gasteiger charge is 2.34. The minimum atomic E-state index is -0.950. The van der Waals surface area contributed by atoms with Crippen LogP contribution in [0.15, 0.2) is 0 Å². The monoisotopic (exact) mass is 285 g/mol. The number of carboxylic acid groups (broad SMARTS) is 1. The molecule has 5 nitrogen and oxygen atoms in total. The lowest BCUT2D eigenvalue weighted by Crippen LogP contribution is -2.51. The SMILES string of the molecule is C[C@H](NC(C(=O)OC(C)(C)C)C1CCCCC1)C(=O)O. The van der Waals surface area contributed by atoms with Gasteiger partial charge in [0.25, 0.3) is 0 Å². The zero-order chi connectivity index (χ0) is 15.3. The van der Waals surface area contributed by atoms with Gasteiger partial charge in [0.05, 0.1) is 0 Å². The Morgan fingerprint density at radius 2 is 1.75 bits per heavy atom. The first kappa shape index (κ1) is 17.0. The van der Waals surface area contributed by atoms with Crippen molar-refractivity contribution < 1.29 is 19.4 Å². The van der Waals surface area contributed by atoms with E-state index in [1.54, 1.807) is 6.92 Å². The van der Waals surface area contributed by atoms with Crippen LogP contribution in [0, 0.1) is 5.92 Å². The summed E-state index contributed by atoms with van der Waals surface area (Å²) in [5, 5.41) is 12.0. The molecule has 0 amide bonds. The second-order valence-electron chi connectivity index (χ2n) is 6.64. The second kappa shape index (κ2) is 7.07. The molecule has 0 aromatic carbocycles. The van der Waals surface area contributed by atoms with Crippen LogP contribution in [-0.2, 0) is 14.3 Å². The number of rotatable bonds is 5. The maximum Gasteiger partial charge on any atom is 0.323 e. The van der Waals surface area contributed by atoms with E-state index in [9.17, 15) is 9.59 Å². The van der Waals surface area contributed by atoms with Crippen LogP contribution in [-0.4, -0.2) is 34.7 Å². The first-order valence-corrected chi connectivity index (χ1v) is 7.42. The molecule has 0 aliphatic heterocycles. The number of carboxylic acids is 1. The number of carbonyl (C=O) groups is 2. The number of carbonyl (C=O) groups excluding carboxylic acids is 1. The molecule has 2 N–H and O–H groups in total. The number of esters is 1. The van der Waals surface area contributed by atoms with Crippen molar-refractivity contribution >= 4 is 11.9 Å². The molecule has 1 unspecified atom stereocenters. The van der Waals surface area contributed by atoms with Crippen LogP contribution >= 0.6 is 0 Å². The molecule has 0 aromatic heterocycles. The third kappa shape index (κ3) is 5.49. The molecular weight excluding hydrogens is 258 g/mol. The molecule has 1 aliphatic carbocycles. The predicted octanol–water partition coefficient (Wildman–Crippen LogP) is 2.34. The van der Waals surface area contributed by atoms with Crippen molar-refractivity contribution in [1.29, 1.82) is 0 Å². The Balaban J connectivity index is 2.77. The summed E-state index contributed by atoms with van der Waals surface area (Å²) >= 11 is 0. The van der Waals surface area contributed by atoms with Crippen LogP contribution in [0.1, 0.15) is 59.8 Å². The van der Waals surface area contributed by atoms with Crippen molar-refractivity contribution in [3.05, 3.63) is 0 Å². The van der Waals surface area contributed by atoms with Gasteiger partial charge in [0.2, 0.25) is 0 Å². The van der Waals surface area contributed by atoms with E-state index in [0.717, 1.165) is 25.7 Å². The Labute approximate surface area is 121 Å². The number of hydrogen-bond acceptors (Lipinski definition) is 4. The van der Waals surface area contributed by atoms with Crippen LogP contribution in [0.2, 0.25) is 0 Å². The Morgan fingerprint density at radius 1 is 1.20 bits per heavy atom. The average molecular weight is 285 g/mol. The van der Waals surface area contributed by atoms with Gasteiger partial charge >= 0.3 is 11.9 Å². The van der Waals surface area contributed by atoms with E-state index in [-0.39, 0.29) is 11.9 Å². The second-order valence-corrected chi connectivity index (χ2v) is 6.64. The van der Waals surface area contributed by atoms with Crippen LogP contribution in [0.25, 0.3) is 0 Å². The van der Waals surface area contributed by atoms with Crippen molar-refractivity contribution in [2.75, 3.05) is 0 Å². The Bertz CT molecular complexity index is 342. The lowest BCUT2D eigenvalue weighted by molar-refractivity contribution is -0.160. The van der Waals surface area contributed by atoms with Crippen molar-refractivity contribution in [2.45, 2.75) is 77.5 Å². The molecule has 0 heterocycles. The first-order valence-electron chi connectivity index (χ1n) is 7.42. The summed E-state index contributed by atoms with van der Waals surface area (Å²) in [6, 6.07) is -1.28. The number of aliphatic carboxylic acids is 1. The van der Waals surface area contributed by atoms with Crippen LogP contribution in [0.4, 0.5) is 0 Å². The van der Waals surface area contributed by atoms with Gasteiger partial charge in [0.15, 0.2) is 0 Å². The van der Waals surface area contributed by atoms with E-state index in [4.69, 9.17) is 9.84 Å². The maximum atomic E-state index is 12.3. The molecule has 1 rings (SSSR count). The summed E-state index contributed by atoms with van der Waals surface area (Å²) in [6.07, 6.45) is 5.26. The van der Waals surface area contributed by atoms with Crippen molar-refractivity contribution in [2.24, 2.45) is 5.92 Å². The van der Waals surface area contributed by atoms with Gasteiger partial charge in [0.1, 0.15) is 17.7 Å². The molecule has 1 saturated carbocycles. The van der Waals surface area contributed by atoms with Gasteiger partial charge in [-0.25, -0.2) is 0 Å². The maximum absolute atomic E-state index is 12.3. The molecule has 1 fully saturated rings. The molecule has 0 saturated heterocycles. The normalized spacial score (nSPS) is 20.2. The third-order valence-electron chi connectivity index (χ3n) is 3.58. The molecule has 20 heavy (non-hydrogen) atoms. The number of nitrogens with one attached hydrogen (secondary N) is 1. The van der Waals surface area contributed by atoms with Crippen LogP contribution in [0.5, 0.6) is 0 Å². The highest BCUT2D eigenvalue weighted by Crippen LogP contribution is 2.28. The van der Waals surface area contributed by atoms with Crippen molar-refractivity contribution in [3.63, 3.8) is 0 Å². The van der Waals surface area contributed by atoms with E-state index in [0.29, 0.717) is 0 Å². The topological polar surface area (TPSA) is 75.6 Å². The summed E-state index contributed by atoms with van der Waals surface area (Å²) < 4.78 is 5.44. The highest BCUT2D eigenvalue weighted by molar-refractivity contribution is 5.79. The van der Waals surface area contributed by atoms with Crippen LogP contribution in [0.3, 0.4) is 0 Å². The zero-order valence-electron chi connectivity index (χ0n) is 12.9. The molecule has 2 atom stereocenters. The van der Waals surface area contributed by atoms with E-state index in [1.807, 2.05) is 20.8 Å². The smallest absolute Gasteiger partial charge is 0.323 e. The van der Waals surface area contributed by atoms with Gasteiger partial charge in [0, 0.05) is 0 Å². The molecule has 0 bridgehead atoms. The van der Waals surface area contributed by atoms with E-state index >= 15 is 0 Å². The highest BCUT2D eigenvalue weighted by atomic mass is 16.6. The van der Waals surface area contributed by atoms with Crippen molar-refractivity contribution in [3.8, 4) is 0 Å². The van der Waals surface area contributed by atoms with Crippen LogP contribution < -0.4 is 5.32 Å². The lowest BCUT2D eigenvalue weighted by atomic mass is 9.83. The van der Waals surface area contributed by atoms with Gasteiger partial charge in [-0.3, -0.25) is 14.9 Å². The third-order valence-corrected chi connectivity index (χ3v) is 3.58. The molecule has 0 spiro atoms. The van der Waals surface area contributed by atoms with Crippen molar-refractivity contribution in [1.82, 2.24) is 5.32 Å². The quantitative estimate of drug-likeness (QED) is 0.758. The summed E-state index contributed by atoms with van der Waals surface area (Å²) in [7, 11) is 0. The molecule has 0 aromatic rings. The van der Waals surface area contributed by atoms with Gasteiger partial charge in [-0.1, -0.05) is 19.3 Å². The number of hydrogen-bond donors (Lipinski definition) is 2. The predicted molar refractivity (Wildman–Crippen MR) is 76.4 cm³/mol. The summed E-state index contributed by atoms with van der Waals surface area (Å²) in [4.78, 5) is 23.3. The fourth-order valence-corrected chi connectivity index (χ4v) is 2.57. The van der Waals surface area contributed by atoms with Gasteiger partial charge in [-0.15, -0.1) is 0 Å². The van der Waals surface area contributed by atoms with E-state index in [2.05, 4.69) is 5.32 Å². The standard InChI is InChI=1S/C15H27NO4/c1-10(13(17)18)16-12(11-8-6-5-7-9-11)14(19)20-15(2,3)4/h10-12,16H,5-9H2,1-4H3,(H,17,18)/t10-,12?/m0/s1. The summed E-state index contributed by atoms with van der Waals surface area (Å²) in [5.41, 5.74) is -0.557. The molecule has 116 valence electrons. The lowest BCUT2D eigenvalue weighted by Gasteiger charge is -2.32. The fourth-order valence-electron chi connectivity index (χ4n) is 2.57. The number of ether oxygens (including phenoxy) is 1. The minimum absolute atomic E-state index is 0.167. The Morgan fingerprint density at radius 3 is 2.20 bits per heavy atom. The minimum Gasteiger partial charge on any atom is -0.480 e. The molecular formula is C15H27NO4. The molecule has 5 heteroatoms. The van der Waals surface area contributed by atoms with Gasteiger partial charge in [-0.2, -0.15) is 0 Å². The molecule has 0 radical (unpaired) electrons. The average Bonchev–Trinajstić information content (AvgIpc) is 2.34. The summed E-state index contributed by atoms with van der Waals surface area (Å²) in [5.74, 6) is -1.12. The van der Waals surface area contributed by atoms with E-state index in [1.165, 1.54) is 6.42 Å². The van der Waals surface area contributed by atoms with Gasteiger partial charge in [-0.05, 0) is 46.5 Å².